The Kier molecular flexibility index (Phi) is 10.4. The van der Waals surface area contributed by atoms with Gasteiger partial charge >= 0.3 is 15.2 Å². The molecule has 35 heavy (non-hydrogen) atoms. The summed E-state index contributed by atoms with van der Waals surface area (Å²) in [4.78, 5) is 19.4. The van der Waals surface area contributed by atoms with E-state index in [1.807, 2.05) is 12.1 Å². The van der Waals surface area contributed by atoms with Crippen molar-refractivity contribution >= 4 is 37.1 Å². The van der Waals surface area contributed by atoms with E-state index in [1.54, 1.807) is 52.0 Å². The third-order valence-electron chi connectivity index (χ3n) is 4.49. The molecule has 1 aromatic heterocycles. The first-order chi connectivity index (χ1) is 16.8. The molecule has 0 saturated heterocycles. The van der Waals surface area contributed by atoms with Crippen molar-refractivity contribution in [3.8, 4) is 0 Å². The molecule has 0 spiro atoms. The molecule has 0 atom stereocenters. The molecular formula is C22H30O11P2. The number of benzene rings is 2. The van der Waals surface area contributed by atoms with Crippen molar-refractivity contribution in [2.75, 3.05) is 26.4 Å². The van der Waals surface area contributed by atoms with Crippen LogP contribution in [0.3, 0.4) is 0 Å². The fraction of sp³-hybridized carbons (Fsp3) is 0.455. The van der Waals surface area contributed by atoms with E-state index < -0.39 is 15.2 Å². The minimum atomic E-state index is -3.71. The maximum absolute atomic E-state index is 13.0. The van der Waals surface area contributed by atoms with Crippen LogP contribution in [0.2, 0.25) is 0 Å². The second-order valence-corrected chi connectivity index (χ2v) is 10.9. The number of hydrogen-bond acceptors (Lipinski definition) is 11. The van der Waals surface area contributed by atoms with Crippen LogP contribution >= 0.6 is 15.2 Å². The Hall–Kier alpha value is -1.62. The molecule has 0 bridgehead atoms. The summed E-state index contributed by atoms with van der Waals surface area (Å²) in [7, 11) is -7.41. The summed E-state index contributed by atoms with van der Waals surface area (Å²) in [5, 5.41) is 1.60. The Morgan fingerprint density at radius 1 is 0.600 bits per heavy atom. The van der Waals surface area contributed by atoms with Crippen LogP contribution in [0.25, 0.3) is 21.9 Å². The van der Waals surface area contributed by atoms with Gasteiger partial charge in [-0.05, 0) is 57.0 Å². The third-order valence-corrected chi connectivity index (χ3v) is 7.32. The van der Waals surface area contributed by atoms with E-state index in [9.17, 15) is 9.13 Å². The molecule has 0 fully saturated rings. The van der Waals surface area contributed by atoms with Gasteiger partial charge in [-0.3, -0.25) is 9.13 Å². The Morgan fingerprint density at radius 3 is 1.54 bits per heavy atom. The van der Waals surface area contributed by atoms with E-state index >= 15 is 0 Å². The molecule has 3 rings (SSSR count). The zero-order valence-electron chi connectivity index (χ0n) is 20.1. The molecule has 0 radical (unpaired) electrons. The summed E-state index contributed by atoms with van der Waals surface area (Å²) in [5.41, 5.74) is 2.49. The highest BCUT2D eigenvalue weighted by molar-refractivity contribution is 7.53. The average molecular weight is 532 g/mol. The van der Waals surface area contributed by atoms with Gasteiger partial charge in [0, 0.05) is 10.8 Å². The van der Waals surface area contributed by atoms with Crippen LogP contribution in [0.5, 0.6) is 0 Å². The number of rotatable bonds is 16. The SMILES string of the molecule is CCOOP(=O)(Cc1ccc2c(c1)oc1ccc(CP(=O)(OOCC)OOCC)cc12)OOCC. The van der Waals surface area contributed by atoms with E-state index in [1.165, 1.54) is 0 Å². The summed E-state index contributed by atoms with van der Waals surface area (Å²) >= 11 is 0. The predicted octanol–water partition coefficient (Wildman–Crippen LogP) is 6.84. The Labute approximate surface area is 203 Å². The van der Waals surface area contributed by atoms with Crippen molar-refractivity contribution in [1.82, 2.24) is 0 Å². The number of hydrogen-bond donors (Lipinski definition) is 0. The van der Waals surface area contributed by atoms with Crippen molar-refractivity contribution in [1.29, 1.82) is 0 Å². The molecule has 194 valence electrons. The largest absolute Gasteiger partial charge is 0.456 e. The van der Waals surface area contributed by atoms with Crippen LogP contribution in [-0.2, 0) is 59.7 Å². The monoisotopic (exact) mass is 532 g/mol. The fourth-order valence-corrected chi connectivity index (χ4v) is 5.79. The average Bonchev–Trinajstić information content (AvgIpc) is 3.21. The molecule has 0 aliphatic rings. The summed E-state index contributed by atoms with van der Waals surface area (Å²) in [6, 6.07) is 10.7. The lowest BCUT2D eigenvalue weighted by atomic mass is 10.1. The van der Waals surface area contributed by atoms with Crippen LogP contribution in [0.1, 0.15) is 38.8 Å². The van der Waals surface area contributed by atoms with Crippen molar-refractivity contribution in [2.24, 2.45) is 0 Å². The molecular weight excluding hydrogens is 502 g/mol. The summed E-state index contributed by atoms with van der Waals surface area (Å²) in [6.07, 6.45) is -0.154. The minimum absolute atomic E-state index is 0.0690. The summed E-state index contributed by atoms with van der Waals surface area (Å²) < 4.78 is 51.8. The Morgan fingerprint density at radius 2 is 1.06 bits per heavy atom. The lowest BCUT2D eigenvalue weighted by Crippen LogP contribution is -2.01. The molecule has 11 nitrogen and oxygen atoms in total. The topological polar surface area (TPSA) is 121 Å². The van der Waals surface area contributed by atoms with Gasteiger partial charge in [-0.2, -0.15) is 0 Å². The van der Waals surface area contributed by atoms with Gasteiger partial charge in [-0.25, -0.2) is 19.6 Å². The van der Waals surface area contributed by atoms with Gasteiger partial charge in [0.15, 0.2) is 0 Å². The molecule has 0 aliphatic carbocycles. The lowest BCUT2D eigenvalue weighted by molar-refractivity contribution is -0.263. The molecule has 13 heteroatoms. The van der Waals surface area contributed by atoms with Gasteiger partial charge in [0.05, 0.1) is 38.8 Å². The second-order valence-electron chi connectivity index (χ2n) is 7.23. The van der Waals surface area contributed by atoms with Crippen LogP contribution in [0, 0.1) is 0 Å². The summed E-state index contributed by atoms with van der Waals surface area (Å²) in [5.74, 6) is 0. The molecule has 0 aliphatic heterocycles. The van der Waals surface area contributed by atoms with E-state index in [0.717, 1.165) is 10.8 Å². The molecule has 2 aromatic carbocycles. The van der Waals surface area contributed by atoms with Gasteiger partial charge in [-0.15, -0.1) is 18.7 Å². The maximum Gasteiger partial charge on any atom is 0.388 e. The van der Waals surface area contributed by atoms with Crippen LogP contribution < -0.4 is 0 Å². The van der Waals surface area contributed by atoms with Crippen molar-refractivity contribution < 1.29 is 51.8 Å². The van der Waals surface area contributed by atoms with Gasteiger partial charge in [0.1, 0.15) is 11.2 Å². The third kappa shape index (κ3) is 7.68. The van der Waals surface area contributed by atoms with Gasteiger partial charge in [-0.1, -0.05) is 18.2 Å². The zero-order valence-corrected chi connectivity index (χ0v) is 21.9. The number of furan rings is 1. The van der Waals surface area contributed by atoms with E-state index in [4.69, 9.17) is 42.7 Å². The maximum atomic E-state index is 13.0. The quantitative estimate of drug-likeness (QED) is 0.109. The van der Waals surface area contributed by atoms with Crippen LogP contribution in [0.15, 0.2) is 40.8 Å². The van der Waals surface area contributed by atoms with Crippen LogP contribution in [-0.4, -0.2) is 26.4 Å². The number of fused-ring (bicyclic) bond motifs is 3. The highest BCUT2D eigenvalue weighted by Crippen LogP contribution is 2.53. The lowest BCUT2D eigenvalue weighted by Gasteiger charge is -2.15. The molecule has 1 heterocycles. The smallest absolute Gasteiger partial charge is 0.388 e. The first-order valence-electron chi connectivity index (χ1n) is 11.2. The second kappa shape index (κ2) is 13.1. The van der Waals surface area contributed by atoms with Gasteiger partial charge < -0.3 is 4.42 Å². The Bertz CT molecular complexity index is 1170. The van der Waals surface area contributed by atoms with E-state index in [2.05, 4.69) is 0 Å². The highest BCUT2D eigenvalue weighted by Gasteiger charge is 2.30. The zero-order chi connectivity index (χ0) is 25.3. The molecule has 0 N–H and O–H groups in total. The molecule has 0 unspecified atom stereocenters. The van der Waals surface area contributed by atoms with Crippen LogP contribution in [0.4, 0.5) is 0 Å². The minimum Gasteiger partial charge on any atom is -0.456 e. The fourth-order valence-electron chi connectivity index (χ4n) is 3.17. The van der Waals surface area contributed by atoms with E-state index in [-0.39, 0.29) is 38.8 Å². The first-order valence-corrected chi connectivity index (χ1v) is 14.7. The summed E-state index contributed by atoms with van der Waals surface area (Å²) in [6.45, 7) is 7.60. The Balaban J connectivity index is 1.87. The highest BCUT2D eigenvalue weighted by atomic mass is 31.2. The van der Waals surface area contributed by atoms with E-state index in [0.29, 0.717) is 22.3 Å². The first kappa shape index (κ1) is 28.0. The van der Waals surface area contributed by atoms with Gasteiger partial charge in [0.2, 0.25) is 0 Å². The molecule has 0 amide bonds. The normalized spacial score (nSPS) is 12.7. The standard InChI is InChI=1S/C22H30O11P2/c1-5-25-30-34(23,31-26-6-2)15-17-10-12-21-20(13-17)19-11-9-18(14-22(19)29-21)16-35(24,32-27-7-3)33-28-8-4/h9-14H,5-8,15-16H2,1-4H3. The molecule has 3 aromatic rings. The predicted molar refractivity (Wildman–Crippen MR) is 127 cm³/mol. The van der Waals surface area contributed by atoms with Crippen molar-refractivity contribution in [2.45, 2.75) is 40.0 Å². The van der Waals surface area contributed by atoms with Gasteiger partial charge in [0.25, 0.3) is 0 Å². The van der Waals surface area contributed by atoms with Crippen molar-refractivity contribution in [3.63, 3.8) is 0 Å². The van der Waals surface area contributed by atoms with Crippen molar-refractivity contribution in [3.05, 3.63) is 47.5 Å². The molecule has 0 saturated carbocycles.